The summed E-state index contributed by atoms with van der Waals surface area (Å²) in [5, 5.41) is 18.4. The van der Waals surface area contributed by atoms with Gasteiger partial charge >= 0.3 is 11.9 Å². The van der Waals surface area contributed by atoms with Crippen molar-refractivity contribution in [3.63, 3.8) is 0 Å². The molecule has 0 bridgehead atoms. The largest absolute Gasteiger partial charge is 0.480 e. The molecule has 2 rings (SSSR count). The molecule has 0 unspecified atom stereocenters. The third kappa shape index (κ3) is 14.5. The number of allylic oxidation sites excluding steroid dienone is 2. The molecule has 16 heteroatoms. The van der Waals surface area contributed by atoms with Crippen molar-refractivity contribution in [2.24, 2.45) is 0 Å². The van der Waals surface area contributed by atoms with Crippen molar-refractivity contribution in [1.29, 1.82) is 0 Å². The highest BCUT2D eigenvalue weighted by Crippen LogP contribution is 2.25. The lowest BCUT2D eigenvalue weighted by molar-refractivity contribution is -0.143. The first-order valence-electron chi connectivity index (χ1n) is 14.4. The molecule has 0 atom stereocenters. The molecular weight excluding hydrogens is 608 g/mol. The molecule has 0 amide bonds. The Bertz CT molecular complexity index is 1230. The van der Waals surface area contributed by atoms with Crippen molar-refractivity contribution in [2.75, 3.05) is 79.1 Å². The Hall–Kier alpha value is -4.51. The number of hydrogen-bond acceptors (Lipinski definition) is 14. The minimum absolute atomic E-state index is 0.00862. The number of Topliss-reactive ketones (excluding diaryl/α,β-unsaturated/α-hetero) is 1. The van der Waals surface area contributed by atoms with Crippen molar-refractivity contribution in [2.45, 2.75) is 19.8 Å². The van der Waals surface area contributed by atoms with Crippen LogP contribution in [-0.2, 0) is 60.6 Å². The van der Waals surface area contributed by atoms with Gasteiger partial charge in [-0.1, -0.05) is 18.2 Å². The number of carboxylic acids is 2. The molecule has 2 N–H and O–H groups in total. The Balaban J connectivity index is 2.15. The Morgan fingerprint density at radius 3 is 1.78 bits per heavy atom. The third-order valence-electron chi connectivity index (χ3n) is 7.03. The smallest absolute Gasteiger partial charge is 0.317 e. The van der Waals surface area contributed by atoms with E-state index in [0.717, 1.165) is 22.3 Å². The third-order valence-corrected chi connectivity index (χ3v) is 7.03. The topological polar surface area (TPSA) is 201 Å². The number of carboxylic acid groups (broad SMARTS) is 2. The number of aliphatic carboxylic acids is 2. The first kappa shape index (κ1) is 37.7. The zero-order chi connectivity index (χ0) is 33.9. The van der Waals surface area contributed by atoms with E-state index in [-0.39, 0.29) is 110 Å². The molecule has 0 saturated carbocycles. The molecule has 1 aliphatic carbocycles. The standard InChI is InChI=1S/C30H40N4O12/c1-23-10-26(38)13-25-11-24(2-3-28(23)25)12-27(39)14-31(5-8-33(15-29(40)41)16-30(42)43)4-6-32(17-44-20-35)7-9-34(18-45-21-36)19-46-22-37/h2-3,10-11,20-22H,4-9,12-19H2,1H3,(H,40,41)(H,42,43). The number of carbonyl (C=O) groups excluding carboxylic acids is 5. The van der Waals surface area contributed by atoms with Crippen molar-refractivity contribution in [3.8, 4) is 0 Å². The van der Waals surface area contributed by atoms with Gasteiger partial charge in [-0.3, -0.25) is 48.3 Å². The van der Waals surface area contributed by atoms with Gasteiger partial charge in [0.1, 0.15) is 20.2 Å². The molecular formula is C30H40N4O12. The molecule has 16 nitrogen and oxygen atoms in total. The Kier molecular flexibility index (Phi) is 16.8. The summed E-state index contributed by atoms with van der Waals surface area (Å²) in [6, 6.07) is 5.57. The lowest BCUT2D eigenvalue weighted by atomic mass is 9.89. The van der Waals surface area contributed by atoms with Crippen LogP contribution in [0.2, 0.25) is 0 Å². The first-order chi connectivity index (χ1) is 22.0. The van der Waals surface area contributed by atoms with Crippen LogP contribution in [0.3, 0.4) is 0 Å². The summed E-state index contributed by atoms with van der Waals surface area (Å²) in [6.07, 6.45) is 1.93. The number of hydrogen-bond donors (Lipinski definition) is 2. The van der Waals surface area contributed by atoms with Gasteiger partial charge in [-0.05, 0) is 35.3 Å². The number of benzene rings is 1. The van der Waals surface area contributed by atoms with Gasteiger partial charge < -0.3 is 24.4 Å². The van der Waals surface area contributed by atoms with Gasteiger partial charge in [-0.2, -0.15) is 0 Å². The second-order valence-corrected chi connectivity index (χ2v) is 10.6. The summed E-state index contributed by atoms with van der Waals surface area (Å²) >= 11 is 0. The van der Waals surface area contributed by atoms with Gasteiger partial charge in [0.25, 0.3) is 19.4 Å². The van der Waals surface area contributed by atoms with E-state index in [1.165, 1.54) is 9.80 Å². The fraction of sp³-hybridized carbons (Fsp3) is 0.500. The molecule has 0 spiro atoms. The van der Waals surface area contributed by atoms with E-state index in [4.69, 9.17) is 14.2 Å². The van der Waals surface area contributed by atoms with Crippen LogP contribution in [0.25, 0.3) is 5.57 Å². The number of rotatable bonds is 26. The number of fused-ring (bicyclic) bond motifs is 1. The van der Waals surface area contributed by atoms with Gasteiger partial charge in [0.05, 0.1) is 19.6 Å². The predicted octanol–water partition coefficient (Wildman–Crippen LogP) is -0.905. The molecule has 0 saturated heterocycles. The number of ether oxygens (including phenoxy) is 3. The van der Waals surface area contributed by atoms with Crippen molar-refractivity contribution >= 4 is 48.5 Å². The normalized spacial score (nSPS) is 12.5. The Labute approximate surface area is 266 Å². The molecule has 0 aromatic heterocycles. The van der Waals surface area contributed by atoms with E-state index < -0.39 is 25.0 Å². The number of carbonyl (C=O) groups is 7. The highest BCUT2D eigenvalue weighted by molar-refractivity contribution is 6.01. The maximum absolute atomic E-state index is 13.3. The van der Waals surface area contributed by atoms with Crippen LogP contribution in [-0.4, -0.2) is 152 Å². The summed E-state index contributed by atoms with van der Waals surface area (Å²) in [4.78, 5) is 86.3. The SMILES string of the molecule is CC1=CC(=O)Cc2cc(CC(=O)CN(CCN(CCN(COC=O)COC=O)COC=O)CCN(CC(=O)O)CC(=O)O)ccc21. The van der Waals surface area contributed by atoms with Crippen LogP contribution in [0.1, 0.15) is 23.6 Å². The number of ketones is 2. The quantitative estimate of drug-likeness (QED) is 0.0710. The molecule has 1 aliphatic rings. The van der Waals surface area contributed by atoms with Gasteiger partial charge in [-0.15, -0.1) is 0 Å². The van der Waals surface area contributed by atoms with Crippen molar-refractivity contribution < 1.29 is 58.0 Å². The predicted molar refractivity (Wildman–Crippen MR) is 160 cm³/mol. The molecule has 0 fully saturated rings. The molecule has 46 heavy (non-hydrogen) atoms. The van der Waals surface area contributed by atoms with Gasteiger partial charge in [-0.25, -0.2) is 4.90 Å². The lowest BCUT2D eigenvalue weighted by Crippen LogP contribution is -2.45. The lowest BCUT2D eigenvalue weighted by Gasteiger charge is -2.29. The average Bonchev–Trinajstić information content (AvgIpc) is 2.99. The summed E-state index contributed by atoms with van der Waals surface area (Å²) in [5.74, 6) is -2.56. The maximum Gasteiger partial charge on any atom is 0.317 e. The molecule has 252 valence electrons. The van der Waals surface area contributed by atoms with Crippen LogP contribution >= 0.6 is 0 Å². The molecule has 0 heterocycles. The van der Waals surface area contributed by atoms with E-state index in [9.17, 15) is 43.8 Å². The van der Waals surface area contributed by atoms with Crippen LogP contribution in [0.15, 0.2) is 24.3 Å². The fourth-order valence-electron chi connectivity index (χ4n) is 4.91. The summed E-state index contributed by atoms with van der Waals surface area (Å²) in [7, 11) is 0. The molecule has 0 aliphatic heterocycles. The Morgan fingerprint density at radius 2 is 1.24 bits per heavy atom. The fourth-order valence-corrected chi connectivity index (χ4v) is 4.91. The second-order valence-electron chi connectivity index (χ2n) is 10.6. The van der Waals surface area contributed by atoms with Crippen LogP contribution in [0.5, 0.6) is 0 Å². The van der Waals surface area contributed by atoms with Crippen molar-refractivity contribution in [3.05, 3.63) is 41.0 Å². The molecule has 1 aromatic rings. The van der Waals surface area contributed by atoms with Gasteiger partial charge in [0.15, 0.2) is 11.6 Å². The highest BCUT2D eigenvalue weighted by Gasteiger charge is 2.20. The average molecular weight is 649 g/mol. The second kappa shape index (κ2) is 20.5. The minimum Gasteiger partial charge on any atom is -0.480 e. The molecule has 1 aromatic carbocycles. The zero-order valence-corrected chi connectivity index (χ0v) is 25.7. The number of nitrogens with zero attached hydrogens (tertiary/aromatic N) is 4. The van der Waals surface area contributed by atoms with Crippen molar-refractivity contribution in [1.82, 2.24) is 19.6 Å². The summed E-state index contributed by atoms with van der Waals surface area (Å²) in [5.41, 5.74) is 3.41. The van der Waals surface area contributed by atoms with Gasteiger partial charge in [0, 0.05) is 52.1 Å². The summed E-state index contributed by atoms with van der Waals surface area (Å²) in [6.45, 7) is 2.37. The minimum atomic E-state index is -1.20. The zero-order valence-electron chi connectivity index (χ0n) is 25.7. The van der Waals surface area contributed by atoms with E-state index in [2.05, 4.69) is 0 Å². The maximum atomic E-state index is 13.3. The summed E-state index contributed by atoms with van der Waals surface area (Å²) < 4.78 is 14.4. The van der Waals surface area contributed by atoms with E-state index in [0.29, 0.717) is 0 Å². The van der Waals surface area contributed by atoms with Crippen LogP contribution in [0, 0.1) is 0 Å². The highest BCUT2D eigenvalue weighted by atomic mass is 16.6. The first-order valence-corrected chi connectivity index (χ1v) is 14.4. The van der Waals surface area contributed by atoms with Crippen LogP contribution in [0.4, 0.5) is 0 Å². The monoisotopic (exact) mass is 648 g/mol. The van der Waals surface area contributed by atoms with Gasteiger partial charge in [0.2, 0.25) is 0 Å². The van der Waals surface area contributed by atoms with E-state index in [1.807, 2.05) is 25.1 Å². The van der Waals surface area contributed by atoms with Crippen LogP contribution < -0.4 is 0 Å². The van der Waals surface area contributed by atoms with E-state index in [1.54, 1.807) is 15.9 Å². The molecule has 0 radical (unpaired) electrons. The van der Waals surface area contributed by atoms with E-state index >= 15 is 0 Å². The Morgan fingerprint density at radius 1 is 0.739 bits per heavy atom.